The van der Waals surface area contributed by atoms with Crippen molar-refractivity contribution in [1.82, 2.24) is 4.90 Å². The summed E-state index contributed by atoms with van der Waals surface area (Å²) in [6.07, 6.45) is 13.5. The molecule has 3 aliphatic heterocycles. The molecule has 0 unspecified atom stereocenters. The van der Waals surface area contributed by atoms with Gasteiger partial charge in [0.25, 0.3) is 0 Å². The number of hydrogen-bond acceptors (Lipinski definition) is 3. The molecule has 13 heavy (non-hydrogen) atoms. The van der Waals surface area contributed by atoms with E-state index in [1.807, 2.05) is 41.5 Å². The van der Waals surface area contributed by atoms with Crippen LogP contribution in [0.2, 0.25) is 0 Å². The first-order chi connectivity index (χ1) is 6.45. The molecule has 3 heteroatoms. The topological polar surface area (TPSA) is 28.0 Å². The van der Waals surface area contributed by atoms with Gasteiger partial charge in [-0.25, -0.2) is 9.98 Å². The van der Waals surface area contributed by atoms with Gasteiger partial charge in [-0.05, 0) is 24.3 Å². The van der Waals surface area contributed by atoms with Crippen molar-refractivity contribution < 1.29 is 0 Å². The molecule has 0 saturated heterocycles. The molecule has 0 fully saturated rings. The van der Waals surface area contributed by atoms with Gasteiger partial charge in [0.1, 0.15) is 11.6 Å². The summed E-state index contributed by atoms with van der Waals surface area (Å²) in [6, 6.07) is 0. The first-order valence-corrected chi connectivity index (χ1v) is 4.12. The van der Waals surface area contributed by atoms with Crippen LogP contribution in [0.5, 0.6) is 0 Å². The molecule has 0 atom stereocenters. The summed E-state index contributed by atoms with van der Waals surface area (Å²) in [6.45, 7) is 0. The van der Waals surface area contributed by atoms with Crippen molar-refractivity contribution in [2.75, 3.05) is 0 Å². The van der Waals surface area contributed by atoms with E-state index in [-0.39, 0.29) is 0 Å². The number of rotatable bonds is 0. The molecule has 0 radical (unpaired) electrons. The third kappa shape index (κ3) is 0.839. The Morgan fingerprint density at radius 3 is 2.62 bits per heavy atom. The molecule has 0 aromatic heterocycles. The zero-order valence-electron chi connectivity index (χ0n) is 6.88. The summed E-state index contributed by atoms with van der Waals surface area (Å²) in [4.78, 5) is 10.5. The van der Waals surface area contributed by atoms with Crippen molar-refractivity contribution in [3.8, 4) is 0 Å². The van der Waals surface area contributed by atoms with Gasteiger partial charge in [0.2, 0.25) is 0 Å². The van der Waals surface area contributed by atoms with E-state index in [0.717, 1.165) is 17.3 Å². The van der Waals surface area contributed by atoms with Crippen molar-refractivity contribution in [3.63, 3.8) is 0 Å². The van der Waals surface area contributed by atoms with E-state index < -0.39 is 0 Å². The fourth-order valence-electron chi connectivity index (χ4n) is 1.54. The first kappa shape index (κ1) is 6.60. The Balaban J connectivity index is 2.23. The molecule has 3 aliphatic rings. The fraction of sp³-hybridized carbons (Fsp3) is 0. The smallest absolute Gasteiger partial charge is 0.140 e. The van der Waals surface area contributed by atoms with Gasteiger partial charge in [-0.2, -0.15) is 0 Å². The number of aliphatic imine (C=N–C) groups is 2. The van der Waals surface area contributed by atoms with E-state index in [1.165, 1.54) is 0 Å². The van der Waals surface area contributed by atoms with E-state index in [2.05, 4.69) is 9.98 Å². The van der Waals surface area contributed by atoms with Crippen LogP contribution in [0.25, 0.3) is 0 Å². The summed E-state index contributed by atoms with van der Waals surface area (Å²) in [5, 5.41) is 0. The van der Waals surface area contributed by atoms with Crippen LogP contribution in [-0.2, 0) is 0 Å². The second-order valence-corrected chi connectivity index (χ2v) is 2.89. The standard InChI is InChI=1S/C10H7N3/c1-2-8-4-6-11-10-5-7-12-9(3-1)13(8)10/h1-7H. The predicted molar refractivity (Wildman–Crippen MR) is 52.2 cm³/mol. The van der Waals surface area contributed by atoms with Gasteiger partial charge in [0.05, 0.1) is 5.70 Å². The highest BCUT2D eigenvalue weighted by molar-refractivity contribution is 5.81. The molecule has 0 saturated carbocycles. The van der Waals surface area contributed by atoms with Gasteiger partial charge in [-0.15, -0.1) is 0 Å². The van der Waals surface area contributed by atoms with Gasteiger partial charge >= 0.3 is 0 Å². The molecule has 3 rings (SSSR count). The van der Waals surface area contributed by atoms with E-state index in [0.29, 0.717) is 0 Å². The lowest BCUT2D eigenvalue weighted by atomic mass is 10.2. The van der Waals surface area contributed by atoms with E-state index >= 15 is 0 Å². The van der Waals surface area contributed by atoms with Crippen LogP contribution in [0.3, 0.4) is 0 Å². The van der Waals surface area contributed by atoms with Gasteiger partial charge < -0.3 is 0 Å². The molecule has 0 N–H and O–H groups in total. The molecular weight excluding hydrogens is 162 g/mol. The average molecular weight is 169 g/mol. The quantitative estimate of drug-likeness (QED) is 0.541. The van der Waals surface area contributed by atoms with Crippen LogP contribution in [0, 0.1) is 0 Å². The molecule has 0 bridgehead atoms. The maximum atomic E-state index is 4.25. The summed E-state index contributed by atoms with van der Waals surface area (Å²) < 4.78 is 0. The van der Waals surface area contributed by atoms with Crippen LogP contribution in [0.15, 0.2) is 57.7 Å². The molecule has 3 heterocycles. The summed E-state index contributed by atoms with van der Waals surface area (Å²) in [5.74, 6) is 1.87. The van der Waals surface area contributed by atoms with E-state index in [1.54, 1.807) is 6.21 Å². The Labute approximate surface area is 75.8 Å². The monoisotopic (exact) mass is 169 g/mol. The lowest BCUT2D eigenvalue weighted by molar-refractivity contribution is 0.519. The Bertz CT molecular complexity index is 367. The second-order valence-electron chi connectivity index (χ2n) is 2.89. The highest BCUT2D eigenvalue weighted by atomic mass is 15.3. The van der Waals surface area contributed by atoms with Crippen molar-refractivity contribution in [1.29, 1.82) is 0 Å². The van der Waals surface area contributed by atoms with Crippen LogP contribution in [0.4, 0.5) is 0 Å². The highest BCUT2D eigenvalue weighted by Crippen LogP contribution is 2.29. The third-order valence-corrected chi connectivity index (χ3v) is 2.11. The maximum Gasteiger partial charge on any atom is 0.140 e. The second kappa shape index (κ2) is 2.29. The first-order valence-electron chi connectivity index (χ1n) is 4.12. The van der Waals surface area contributed by atoms with Crippen LogP contribution < -0.4 is 0 Å². The summed E-state index contributed by atoms with van der Waals surface area (Å²) in [7, 11) is 0. The average Bonchev–Trinajstić information content (AvgIpc) is 2.19. The molecule has 0 amide bonds. The van der Waals surface area contributed by atoms with E-state index in [9.17, 15) is 0 Å². The van der Waals surface area contributed by atoms with Gasteiger partial charge in [0, 0.05) is 12.4 Å². The third-order valence-electron chi connectivity index (χ3n) is 2.11. The molecule has 0 aromatic carbocycles. The van der Waals surface area contributed by atoms with Crippen LogP contribution >= 0.6 is 0 Å². The molecule has 3 nitrogen and oxygen atoms in total. The Morgan fingerprint density at radius 2 is 1.69 bits per heavy atom. The SMILES string of the molecule is C1=CC2=CC=NC3=CC=NC(=C1)N23. The maximum absolute atomic E-state index is 4.25. The number of nitrogens with zero attached hydrogens (tertiary/aromatic N) is 3. The largest absolute Gasteiger partial charge is 0.279 e. The molecule has 62 valence electrons. The molecule has 0 aliphatic carbocycles. The minimum Gasteiger partial charge on any atom is -0.279 e. The van der Waals surface area contributed by atoms with Crippen LogP contribution in [0.1, 0.15) is 0 Å². The normalized spacial score (nSPS) is 22.2. The predicted octanol–water partition coefficient (Wildman–Crippen LogP) is 1.59. The minimum atomic E-state index is 0.933. The Kier molecular flexibility index (Phi) is 1.16. The van der Waals surface area contributed by atoms with E-state index in [4.69, 9.17) is 0 Å². The molecule has 0 aromatic rings. The number of allylic oxidation sites excluding steroid dienone is 5. The lowest BCUT2D eigenvalue weighted by Gasteiger charge is -2.31. The zero-order chi connectivity index (χ0) is 8.67. The summed E-state index contributed by atoms with van der Waals surface area (Å²) in [5.41, 5.74) is 1.12. The minimum absolute atomic E-state index is 0.933. The van der Waals surface area contributed by atoms with Gasteiger partial charge in [-0.3, -0.25) is 4.90 Å². The summed E-state index contributed by atoms with van der Waals surface area (Å²) >= 11 is 0. The zero-order valence-corrected chi connectivity index (χ0v) is 6.88. The Hall–Kier alpha value is -1.90. The molecular formula is C10H7N3. The van der Waals surface area contributed by atoms with Gasteiger partial charge in [-0.1, -0.05) is 6.08 Å². The fourth-order valence-corrected chi connectivity index (χ4v) is 1.54. The van der Waals surface area contributed by atoms with Crippen LogP contribution in [-0.4, -0.2) is 17.3 Å². The van der Waals surface area contributed by atoms with Crippen molar-refractivity contribution in [2.45, 2.75) is 0 Å². The number of hydrogen-bond donors (Lipinski definition) is 0. The van der Waals surface area contributed by atoms with Crippen molar-refractivity contribution in [2.24, 2.45) is 9.98 Å². The Morgan fingerprint density at radius 1 is 0.923 bits per heavy atom. The van der Waals surface area contributed by atoms with Gasteiger partial charge in [0.15, 0.2) is 0 Å². The lowest BCUT2D eigenvalue weighted by Crippen LogP contribution is -2.25. The highest BCUT2D eigenvalue weighted by Gasteiger charge is 2.22. The van der Waals surface area contributed by atoms with Crippen molar-refractivity contribution >= 4 is 12.4 Å². The molecule has 0 spiro atoms. The van der Waals surface area contributed by atoms with Crippen molar-refractivity contribution in [3.05, 3.63) is 47.7 Å².